The number of benzene rings is 1. The van der Waals surface area contributed by atoms with Gasteiger partial charge in [0, 0.05) is 30.5 Å². The summed E-state index contributed by atoms with van der Waals surface area (Å²) < 4.78 is 2.17. The van der Waals surface area contributed by atoms with Gasteiger partial charge in [-0.3, -0.25) is 0 Å². The maximum atomic E-state index is 4.39. The van der Waals surface area contributed by atoms with Crippen molar-refractivity contribution in [1.82, 2.24) is 14.9 Å². The van der Waals surface area contributed by atoms with Crippen LogP contribution in [0.3, 0.4) is 0 Å². The molecule has 19 heavy (non-hydrogen) atoms. The molecule has 1 aromatic carbocycles. The fourth-order valence-corrected chi connectivity index (χ4v) is 2.47. The molecule has 0 aliphatic heterocycles. The van der Waals surface area contributed by atoms with E-state index in [1.165, 1.54) is 11.3 Å². The van der Waals surface area contributed by atoms with Crippen LogP contribution in [-0.2, 0) is 6.42 Å². The van der Waals surface area contributed by atoms with Gasteiger partial charge < -0.3 is 9.88 Å². The fraction of sp³-hybridized carbons (Fsp3) is 0.438. The Kier molecular flexibility index (Phi) is 4.74. The van der Waals surface area contributed by atoms with Gasteiger partial charge in [-0.15, -0.1) is 0 Å². The molecule has 1 atom stereocenters. The van der Waals surface area contributed by atoms with Gasteiger partial charge in [-0.05, 0) is 30.7 Å². The fourth-order valence-electron chi connectivity index (χ4n) is 2.47. The highest BCUT2D eigenvalue weighted by molar-refractivity contribution is 5.38. The number of nitrogens with zero attached hydrogens (tertiary/aromatic N) is 2. The number of aromatic nitrogens is 2. The van der Waals surface area contributed by atoms with Crippen LogP contribution in [0.1, 0.15) is 44.6 Å². The highest BCUT2D eigenvalue weighted by Gasteiger charge is 2.09. The summed E-state index contributed by atoms with van der Waals surface area (Å²) in [6.45, 7) is 7.50. The van der Waals surface area contributed by atoms with Crippen LogP contribution in [0.5, 0.6) is 0 Å². The third kappa shape index (κ3) is 3.04. The van der Waals surface area contributed by atoms with E-state index in [0.717, 1.165) is 25.2 Å². The van der Waals surface area contributed by atoms with Crippen LogP contribution in [0.25, 0.3) is 5.69 Å². The van der Waals surface area contributed by atoms with Gasteiger partial charge in [-0.1, -0.05) is 32.9 Å². The molecule has 1 aromatic heterocycles. The first kappa shape index (κ1) is 13.8. The zero-order valence-corrected chi connectivity index (χ0v) is 12.1. The van der Waals surface area contributed by atoms with E-state index in [9.17, 15) is 0 Å². The minimum Gasteiger partial charge on any atom is -0.310 e. The molecule has 0 bridgehead atoms. The second-order valence-corrected chi connectivity index (χ2v) is 4.68. The number of hydrogen-bond donors (Lipinski definition) is 1. The molecule has 0 saturated heterocycles. The average molecular weight is 257 g/mol. The van der Waals surface area contributed by atoms with Crippen molar-refractivity contribution in [1.29, 1.82) is 0 Å². The van der Waals surface area contributed by atoms with Gasteiger partial charge in [0.1, 0.15) is 5.82 Å². The third-order valence-electron chi connectivity index (χ3n) is 3.44. The maximum absolute atomic E-state index is 4.39. The van der Waals surface area contributed by atoms with Crippen molar-refractivity contribution in [2.45, 2.75) is 39.7 Å². The molecular formula is C16H23N3. The summed E-state index contributed by atoms with van der Waals surface area (Å²) in [6, 6.07) is 9.16. The smallest absolute Gasteiger partial charge is 0.112 e. The lowest BCUT2D eigenvalue weighted by molar-refractivity contribution is 0.537. The number of imidazole rings is 1. The predicted octanol–water partition coefficient (Wildman–Crippen LogP) is 3.50. The summed E-state index contributed by atoms with van der Waals surface area (Å²) >= 11 is 0. The molecule has 1 heterocycles. The molecule has 2 aromatic rings. The molecule has 1 N–H and O–H groups in total. The molecule has 0 amide bonds. The lowest BCUT2D eigenvalue weighted by Crippen LogP contribution is -2.20. The molecule has 102 valence electrons. The zero-order chi connectivity index (χ0) is 13.7. The topological polar surface area (TPSA) is 29.9 Å². The second kappa shape index (κ2) is 6.53. The minimum absolute atomic E-state index is 0.429. The largest absolute Gasteiger partial charge is 0.310 e. The van der Waals surface area contributed by atoms with Crippen molar-refractivity contribution in [3.63, 3.8) is 0 Å². The summed E-state index contributed by atoms with van der Waals surface area (Å²) in [4.78, 5) is 4.39. The Bertz CT molecular complexity index is 516. The summed E-state index contributed by atoms with van der Waals surface area (Å²) in [6.07, 6.45) is 5.95. The van der Waals surface area contributed by atoms with Gasteiger partial charge in [0.05, 0.1) is 0 Å². The van der Waals surface area contributed by atoms with Crippen LogP contribution >= 0.6 is 0 Å². The molecule has 0 aliphatic carbocycles. The van der Waals surface area contributed by atoms with Crippen molar-refractivity contribution in [2.75, 3.05) is 6.54 Å². The van der Waals surface area contributed by atoms with Crippen LogP contribution in [0.4, 0.5) is 0 Å². The number of nitrogens with one attached hydrogen (secondary N) is 1. The first-order chi connectivity index (χ1) is 9.30. The van der Waals surface area contributed by atoms with Crippen molar-refractivity contribution in [2.24, 2.45) is 0 Å². The molecule has 0 spiro atoms. The van der Waals surface area contributed by atoms with E-state index >= 15 is 0 Å². The van der Waals surface area contributed by atoms with E-state index in [1.54, 1.807) is 0 Å². The standard InChI is InChI=1S/C16H23N3/c1-4-15(17-6-3)13-8-7-9-14(12-13)19-11-10-18-16(19)5-2/h7-12,15,17H,4-6H2,1-3H3. The summed E-state index contributed by atoms with van der Waals surface area (Å²) in [5.41, 5.74) is 2.54. The Balaban J connectivity index is 2.33. The van der Waals surface area contributed by atoms with Gasteiger partial charge in [0.15, 0.2) is 0 Å². The molecule has 0 saturated carbocycles. The van der Waals surface area contributed by atoms with Crippen molar-refractivity contribution in [3.8, 4) is 5.69 Å². The highest BCUT2D eigenvalue weighted by Crippen LogP contribution is 2.20. The summed E-state index contributed by atoms with van der Waals surface area (Å²) in [5.74, 6) is 1.11. The van der Waals surface area contributed by atoms with Crippen molar-refractivity contribution >= 4 is 0 Å². The lowest BCUT2D eigenvalue weighted by atomic mass is 10.0. The van der Waals surface area contributed by atoms with E-state index in [-0.39, 0.29) is 0 Å². The summed E-state index contributed by atoms with van der Waals surface area (Å²) in [5, 5.41) is 3.52. The van der Waals surface area contributed by atoms with E-state index in [4.69, 9.17) is 0 Å². The van der Waals surface area contributed by atoms with Gasteiger partial charge in [0.2, 0.25) is 0 Å². The zero-order valence-electron chi connectivity index (χ0n) is 12.1. The highest BCUT2D eigenvalue weighted by atomic mass is 15.1. The Morgan fingerprint density at radius 3 is 2.79 bits per heavy atom. The van der Waals surface area contributed by atoms with Gasteiger partial charge in [-0.25, -0.2) is 4.98 Å². The van der Waals surface area contributed by atoms with E-state index in [0.29, 0.717) is 6.04 Å². The average Bonchev–Trinajstić information content (AvgIpc) is 2.93. The maximum Gasteiger partial charge on any atom is 0.112 e. The predicted molar refractivity (Wildman–Crippen MR) is 79.7 cm³/mol. The first-order valence-corrected chi connectivity index (χ1v) is 7.16. The van der Waals surface area contributed by atoms with Crippen LogP contribution < -0.4 is 5.32 Å². The third-order valence-corrected chi connectivity index (χ3v) is 3.44. The Morgan fingerprint density at radius 1 is 1.26 bits per heavy atom. The van der Waals surface area contributed by atoms with Gasteiger partial charge >= 0.3 is 0 Å². The number of hydrogen-bond acceptors (Lipinski definition) is 2. The molecule has 3 heteroatoms. The molecule has 0 radical (unpaired) electrons. The second-order valence-electron chi connectivity index (χ2n) is 4.68. The normalized spacial score (nSPS) is 12.6. The van der Waals surface area contributed by atoms with Gasteiger partial charge in [-0.2, -0.15) is 0 Å². The lowest BCUT2D eigenvalue weighted by Gasteiger charge is -2.17. The monoisotopic (exact) mass is 257 g/mol. The Hall–Kier alpha value is -1.61. The van der Waals surface area contributed by atoms with E-state index < -0.39 is 0 Å². The Labute approximate surface area is 115 Å². The SMILES string of the molecule is CCNC(CC)c1cccc(-n2ccnc2CC)c1. The number of aryl methyl sites for hydroxylation is 1. The minimum atomic E-state index is 0.429. The van der Waals surface area contributed by atoms with Crippen molar-refractivity contribution < 1.29 is 0 Å². The van der Waals surface area contributed by atoms with Crippen LogP contribution in [0.2, 0.25) is 0 Å². The van der Waals surface area contributed by atoms with E-state index in [1.807, 2.05) is 12.4 Å². The quantitative estimate of drug-likeness (QED) is 0.858. The molecular weight excluding hydrogens is 234 g/mol. The molecule has 2 rings (SSSR count). The first-order valence-electron chi connectivity index (χ1n) is 7.16. The summed E-state index contributed by atoms with van der Waals surface area (Å²) in [7, 11) is 0. The van der Waals surface area contributed by atoms with Crippen LogP contribution in [0, 0.1) is 0 Å². The Morgan fingerprint density at radius 2 is 2.11 bits per heavy atom. The molecule has 0 aliphatic rings. The van der Waals surface area contributed by atoms with Crippen LogP contribution in [-0.4, -0.2) is 16.1 Å². The van der Waals surface area contributed by atoms with Gasteiger partial charge in [0.25, 0.3) is 0 Å². The molecule has 0 fully saturated rings. The van der Waals surface area contributed by atoms with Crippen LogP contribution in [0.15, 0.2) is 36.7 Å². The number of rotatable bonds is 6. The molecule has 3 nitrogen and oxygen atoms in total. The molecule has 1 unspecified atom stereocenters. The van der Waals surface area contributed by atoms with E-state index in [2.05, 4.69) is 59.9 Å². The van der Waals surface area contributed by atoms with Crippen molar-refractivity contribution in [3.05, 3.63) is 48.0 Å².